The van der Waals surface area contributed by atoms with E-state index in [2.05, 4.69) is 36.4 Å². The van der Waals surface area contributed by atoms with Crippen molar-refractivity contribution < 1.29 is 25.5 Å². The third kappa shape index (κ3) is 5.15. The van der Waals surface area contributed by atoms with Crippen molar-refractivity contribution in [1.29, 1.82) is 0 Å². The Balaban J connectivity index is 1.10. The summed E-state index contributed by atoms with van der Waals surface area (Å²) in [5, 5.41) is 55.7. The van der Waals surface area contributed by atoms with Gasteiger partial charge in [-0.3, -0.25) is 0 Å². The van der Waals surface area contributed by atoms with Crippen LogP contribution >= 0.6 is 0 Å². The number of phenolic OH excluding ortho intramolecular Hbond substituents is 5. The Morgan fingerprint density at radius 1 is 0.483 bits per heavy atom. The molecule has 9 aromatic rings. The fraction of sp³-hybridized carbons (Fsp3) is 0.0625. The van der Waals surface area contributed by atoms with E-state index >= 15 is 0 Å². The van der Waals surface area contributed by atoms with Gasteiger partial charge in [0.2, 0.25) is 0 Å². The number of hydrogen-bond acceptors (Lipinski definition) is 8. The minimum absolute atomic E-state index is 0.0483. The van der Waals surface area contributed by atoms with Crippen molar-refractivity contribution >= 4 is 35.1 Å². The first kappa shape index (κ1) is 34.9. The molecule has 10 heteroatoms. The number of aromatic hydroxyl groups is 5. The molecular formula is C48H33BN4O5. The summed E-state index contributed by atoms with van der Waals surface area (Å²) in [6.45, 7) is 3.02. The molecule has 0 bridgehead atoms. The number of benzene rings is 7. The van der Waals surface area contributed by atoms with Crippen LogP contribution < -0.4 is 5.46 Å². The molecule has 58 heavy (non-hydrogen) atoms. The van der Waals surface area contributed by atoms with Gasteiger partial charge >= 0.3 is 0 Å². The van der Waals surface area contributed by atoms with E-state index in [9.17, 15) is 25.5 Å². The van der Waals surface area contributed by atoms with Crippen LogP contribution in [0.1, 0.15) is 22.3 Å². The van der Waals surface area contributed by atoms with Gasteiger partial charge in [0.1, 0.15) is 19.1 Å². The fourth-order valence-electron chi connectivity index (χ4n) is 8.29. The summed E-state index contributed by atoms with van der Waals surface area (Å²) in [5.41, 5.74) is 10.1. The molecule has 10 rings (SSSR count). The predicted octanol–water partition coefficient (Wildman–Crippen LogP) is 9.15. The number of hydrogen-bond donors (Lipinski definition) is 5. The van der Waals surface area contributed by atoms with Gasteiger partial charge in [0.05, 0.1) is 10.9 Å². The van der Waals surface area contributed by atoms with Gasteiger partial charge in [0.15, 0.2) is 40.5 Å². The first-order valence-corrected chi connectivity index (χ1v) is 18.8. The van der Waals surface area contributed by atoms with E-state index in [1.165, 1.54) is 22.6 Å². The zero-order chi connectivity index (χ0) is 40.0. The quantitative estimate of drug-likeness (QED) is 0.0665. The van der Waals surface area contributed by atoms with Gasteiger partial charge in [0, 0.05) is 33.3 Å². The molecule has 2 heterocycles. The lowest BCUT2D eigenvalue weighted by Gasteiger charge is -2.14. The monoisotopic (exact) mass is 756 g/mol. The van der Waals surface area contributed by atoms with Gasteiger partial charge in [-0.1, -0.05) is 109 Å². The molecule has 0 saturated carbocycles. The smallest absolute Gasteiger partial charge is 0.183 e. The number of fused-ring (bicyclic) bond motifs is 6. The molecule has 278 valence electrons. The predicted molar refractivity (Wildman–Crippen MR) is 227 cm³/mol. The van der Waals surface area contributed by atoms with Crippen molar-refractivity contribution in [3.05, 3.63) is 144 Å². The maximum absolute atomic E-state index is 11.4. The van der Waals surface area contributed by atoms with E-state index in [1.807, 2.05) is 84.9 Å². The molecule has 0 unspecified atom stereocenters. The van der Waals surface area contributed by atoms with E-state index < -0.39 is 23.0 Å². The molecule has 0 fully saturated rings. The maximum atomic E-state index is 11.4. The van der Waals surface area contributed by atoms with E-state index in [-0.39, 0.29) is 44.1 Å². The number of rotatable bonds is 5. The molecule has 0 aliphatic heterocycles. The second-order valence-corrected chi connectivity index (χ2v) is 14.7. The Morgan fingerprint density at radius 2 is 1.07 bits per heavy atom. The van der Waals surface area contributed by atoms with Crippen LogP contribution in [0.25, 0.3) is 83.9 Å². The van der Waals surface area contributed by atoms with E-state index in [0.717, 1.165) is 45.4 Å². The highest BCUT2D eigenvalue weighted by atomic mass is 16.3. The topological polar surface area (TPSA) is 145 Å². The summed E-state index contributed by atoms with van der Waals surface area (Å²) < 4.78 is 1.54. The van der Waals surface area contributed by atoms with Gasteiger partial charge in [-0.05, 0) is 77.4 Å². The van der Waals surface area contributed by atoms with Gasteiger partial charge in [0.25, 0.3) is 0 Å². The second-order valence-electron chi connectivity index (χ2n) is 14.7. The molecule has 1 aliphatic rings. The Morgan fingerprint density at radius 3 is 1.72 bits per heavy atom. The summed E-state index contributed by atoms with van der Waals surface area (Å²) in [7, 11) is 6.48. The minimum atomic E-state index is -0.505. The van der Waals surface area contributed by atoms with Crippen LogP contribution in [-0.2, 0) is 6.42 Å². The van der Waals surface area contributed by atoms with Crippen LogP contribution in [0.5, 0.6) is 28.7 Å². The van der Waals surface area contributed by atoms with E-state index in [4.69, 9.17) is 22.8 Å². The van der Waals surface area contributed by atoms with Gasteiger partial charge in [-0.15, -0.1) is 0 Å². The Labute approximate surface area is 333 Å². The molecule has 1 aliphatic carbocycles. The standard InChI is InChI=1S/C48H33BN4O5/c1-24-38(49)36-37-40(41(54)25(2)43(56)44(37)57)53(39(36)45(58)42(24)55)32-20-18-26(19-21-32)29-16-17-30-22-31-14-9-15-33(35(31)34(30)23-29)48-51-46(27-10-5-3-6-11-27)50-47(52-48)28-12-7-4-8-13-28/h3-21,23,54-58H,22H2,1-2H3. The summed E-state index contributed by atoms with van der Waals surface area (Å²) in [5.74, 6) is -0.438. The second kappa shape index (κ2) is 13.0. The molecule has 7 aromatic carbocycles. The molecule has 2 radical (unpaired) electrons. The van der Waals surface area contributed by atoms with Crippen molar-refractivity contribution in [3.8, 4) is 90.9 Å². The van der Waals surface area contributed by atoms with Crippen molar-refractivity contribution in [2.24, 2.45) is 0 Å². The van der Waals surface area contributed by atoms with Crippen molar-refractivity contribution in [2.45, 2.75) is 20.3 Å². The summed E-state index contributed by atoms with van der Waals surface area (Å²) in [6, 6.07) is 40.0. The minimum Gasteiger partial charge on any atom is -0.505 e. The lowest BCUT2D eigenvalue weighted by atomic mass is 9.85. The summed E-state index contributed by atoms with van der Waals surface area (Å²) in [6.07, 6.45) is 0.762. The molecule has 0 atom stereocenters. The summed E-state index contributed by atoms with van der Waals surface area (Å²) >= 11 is 0. The molecule has 0 spiro atoms. The molecule has 0 saturated heterocycles. The highest BCUT2D eigenvalue weighted by molar-refractivity contribution is 6.44. The van der Waals surface area contributed by atoms with E-state index in [1.54, 1.807) is 6.92 Å². The van der Waals surface area contributed by atoms with Crippen LogP contribution in [0.4, 0.5) is 0 Å². The van der Waals surface area contributed by atoms with Crippen LogP contribution in [0, 0.1) is 13.8 Å². The van der Waals surface area contributed by atoms with Crippen LogP contribution in [0.15, 0.2) is 121 Å². The van der Waals surface area contributed by atoms with Crippen molar-refractivity contribution in [3.63, 3.8) is 0 Å². The first-order valence-electron chi connectivity index (χ1n) is 18.8. The van der Waals surface area contributed by atoms with E-state index in [0.29, 0.717) is 23.2 Å². The SMILES string of the molecule is [B]c1c(C)c(O)c(O)c2c1c1c(O)c(O)c(C)c(O)c1n2-c1ccc(-c2ccc3c(c2)-c2c(cccc2-c2nc(-c4ccccc4)nc(-c4ccccc4)n2)C3)cc1. The molecular weight excluding hydrogens is 723 g/mol. The van der Waals surface area contributed by atoms with Crippen molar-refractivity contribution in [1.82, 2.24) is 19.5 Å². The van der Waals surface area contributed by atoms with Crippen molar-refractivity contribution in [2.75, 3.05) is 0 Å². The zero-order valence-electron chi connectivity index (χ0n) is 31.4. The molecule has 5 N–H and O–H groups in total. The number of phenols is 5. The molecule has 9 nitrogen and oxygen atoms in total. The highest BCUT2D eigenvalue weighted by Crippen LogP contribution is 2.52. The number of aromatic nitrogens is 4. The third-order valence-corrected chi connectivity index (χ3v) is 11.4. The average Bonchev–Trinajstić information content (AvgIpc) is 3.83. The fourth-order valence-corrected chi connectivity index (χ4v) is 8.29. The highest BCUT2D eigenvalue weighted by Gasteiger charge is 2.29. The maximum Gasteiger partial charge on any atom is 0.183 e. The molecule has 2 aromatic heterocycles. The third-order valence-electron chi connectivity index (χ3n) is 11.4. The van der Waals surface area contributed by atoms with Gasteiger partial charge < -0.3 is 30.1 Å². The normalized spacial score (nSPS) is 12.0. The largest absolute Gasteiger partial charge is 0.505 e. The average molecular weight is 757 g/mol. The molecule has 0 amide bonds. The van der Waals surface area contributed by atoms with Gasteiger partial charge in [-0.2, -0.15) is 0 Å². The Bertz CT molecular complexity index is 3030. The summed E-state index contributed by atoms with van der Waals surface area (Å²) in [4.78, 5) is 15.0. The first-order chi connectivity index (χ1) is 28.1. The van der Waals surface area contributed by atoms with Gasteiger partial charge in [-0.25, -0.2) is 15.0 Å². The number of nitrogens with zero attached hydrogens (tertiary/aromatic N) is 4. The van der Waals surface area contributed by atoms with Crippen LogP contribution in [0.3, 0.4) is 0 Å². The zero-order valence-corrected chi connectivity index (χ0v) is 31.4. The van der Waals surface area contributed by atoms with Crippen LogP contribution in [-0.4, -0.2) is 52.9 Å². The van der Waals surface area contributed by atoms with Crippen LogP contribution in [0.2, 0.25) is 0 Å². The Kier molecular flexibility index (Phi) is 7.81. The lowest BCUT2D eigenvalue weighted by molar-refractivity contribution is 0.398. The lowest BCUT2D eigenvalue weighted by Crippen LogP contribution is -2.09. The Hall–Kier alpha value is -7.59.